The second kappa shape index (κ2) is 6.43. The number of rotatable bonds is 5. The van der Waals surface area contributed by atoms with Crippen LogP contribution in [0.2, 0.25) is 0 Å². The predicted octanol–water partition coefficient (Wildman–Crippen LogP) is 2.05. The molecule has 2 rings (SSSR count). The molecule has 0 heterocycles. The Morgan fingerprint density at radius 3 is 1.57 bits per heavy atom. The number of hydrazone groups is 1. The molecule has 0 amide bonds. The summed E-state index contributed by atoms with van der Waals surface area (Å²) in [5.74, 6) is 4.70. The van der Waals surface area contributed by atoms with E-state index in [9.17, 15) is 25.0 Å². The molecular formula is C14H10N4O5. The van der Waals surface area contributed by atoms with Crippen molar-refractivity contribution < 1.29 is 14.6 Å². The molecule has 0 atom stereocenters. The summed E-state index contributed by atoms with van der Waals surface area (Å²) in [6.07, 6.45) is 0. The van der Waals surface area contributed by atoms with Gasteiger partial charge in [-0.3, -0.25) is 25.0 Å². The van der Waals surface area contributed by atoms with Crippen molar-refractivity contribution in [3.63, 3.8) is 0 Å². The highest BCUT2D eigenvalue weighted by molar-refractivity contribution is 6.51. The average molecular weight is 314 g/mol. The van der Waals surface area contributed by atoms with Crippen LogP contribution in [-0.4, -0.2) is 21.3 Å². The lowest BCUT2D eigenvalue weighted by Gasteiger charge is -2.04. The van der Waals surface area contributed by atoms with Crippen molar-refractivity contribution in [2.45, 2.75) is 0 Å². The molecule has 0 radical (unpaired) electrons. The van der Waals surface area contributed by atoms with Gasteiger partial charge in [-0.15, -0.1) is 0 Å². The minimum absolute atomic E-state index is 0.103. The maximum atomic E-state index is 12.4. The van der Waals surface area contributed by atoms with Crippen LogP contribution in [0.25, 0.3) is 0 Å². The number of carbonyl (C=O) groups is 1. The summed E-state index contributed by atoms with van der Waals surface area (Å²) in [7, 11) is 0. The van der Waals surface area contributed by atoms with Crippen molar-refractivity contribution in [3.05, 3.63) is 79.9 Å². The summed E-state index contributed by atoms with van der Waals surface area (Å²) in [5.41, 5.74) is 0.0874. The van der Waals surface area contributed by atoms with Gasteiger partial charge in [-0.2, -0.15) is 5.10 Å². The SMILES string of the molecule is N/N=C(/C(=O)c1ccc([N+](=O)[O-])cc1)c1ccc([N+](=O)[O-])cc1. The standard InChI is InChI=1S/C14H10N4O5/c15-16-13(9-1-5-11(6-2-9)17(20)21)14(19)10-3-7-12(8-4-10)18(22)23/h1-8H,15H2/b16-13+. The van der Waals surface area contributed by atoms with Gasteiger partial charge < -0.3 is 5.84 Å². The quantitative estimate of drug-likeness (QED) is 0.294. The Kier molecular flexibility index (Phi) is 4.41. The summed E-state index contributed by atoms with van der Waals surface area (Å²) in [5, 5.41) is 24.7. The molecule has 0 aliphatic rings. The first-order chi connectivity index (χ1) is 10.9. The fourth-order valence-electron chi connectivity index (χ4n) is 1.88. The zero-order valence-electron chi connectivity index (χ0n) is 11.6. The van der Waals surface area contributed by atoms with Crippen LogP contribution in [0, 0.1) is 20.2 Å². The molecule has 2 aromatic rings. The lowest BCUT2D eigenvalue weighted by atomic mass is 10.0. The number of nitro benzene ring substituents is 2. The van der Waals surface area contributed by atoms with E-state index in [2.05, 4.69) is 5.10 Å². The molecule has 9 nitrogen and oxygen atoms in total. The Morgan fingerprint density at radius 1 is 0.826 bits per heavy atom. The molecule has 0 unspecified atom stereocenters. The number of nitrogens with two attached hydrogens (primary N) is 1. The number of Topliss-reactive ketones (excluding diaryl/α,β-unsaturated/α-hetero) is 1. The van der Waals surface area contributed by atoms with Gasteiger partial charge in [0.05, 0.1) is 9.85 Å². The number of nitro groups is 2. The third-order valence-corrected chi connectivity index (χ3v) is 3.04. The van der Waals surface area contributed by atoms with E-state index < -0.39 is 15.6 Å². The van der Waals surface area contributed by atoms with E-state index in [-0.39, 0.29) is 22.6 Å². The molecule has 2 N–H and O–H groups in total. The van der Waals surface area contributed by atoms with Crippen molar-refractivity contribution in [2.75, 3.05) is 0 Å². The Hall–Kier alpha value is -3.62. The maximum Gasteiger partial charge on any atom is 0.269 e. The Bertz CT molecular complexity index is 797. The van der Waals surface area contributed by atoms with E-state index in [1.54, 1.807) is 0 Å². The van der Waals surface area contributed by atoms with Gasteiger partial charge in [-0.25, -0.2) is 0 Å². The monoisotopic (exact) mass is 314 g/mol. The second-order valence-electron chi connectivity index (χ2n) is 4.41. The van der Waals surface area contributed by atoms with E-state index in [1.807, 2.05) is 0 Å². The molecular weight excluding hydrogens is 304 g/mol. The summed E-state index contributed by atoms with van der Waals surface area (Å²) < 4.78 is 0. The molecule has 9 heteroatoms. The molecule has 116 valence electrons. The molecule has 0 spiro atoms. The molecule has 23 heavy (non-hydrogen) atoms. The first-order valence-corrected chi connectivity index (χ1v) is 6.26. The Labute approximate surface area is 129 Å². The lowest BCUT2D eigenvalue weighted by molar-refractivity contribution is -0.385. The fourth-order valence-corrected chi connectivity index (χ4v) is 1.88. The fraction of sp³-hybridized carbons (Fsp3) is 0. The lowest BCUT2D eigenvalue weighted by Crippen LogP contribution is -2.17. The van der Waals surface area contributed by atoms with Crippen molar-refractivity contribution in [1.29, 1.82) is 0 Å². The molecule has 0 fully saturated rings. The highest BCUT2D eigenvalue weighted by atomic mass is 16.6. The van der Waals surface area contributed by atoms with Crippen LogP contribution in [-0.2, 0) is 0 Å². The Morgan fingerprint density at radius 2 is 1.22 bits per heavy atom. The smallest absolute Gasteiger partial charge is 0.269 e. The highest BCUT2D eigenvalue weighted by Gasteiger charge is 2.18. The number of carbonyl (C=O) groups excluding carboxylic acids is 1. The normalized spacial score (nSPS) is 11.0. The molecule has 2 aromatic carbocycles. The molecule has 0 aromatic heterocycles. The third-order valence-electron chi connectivity index (χ3n) is 3.04. The van der Waals surface area contributed by atoms with Crippen LogP contribution in [0.3, 0.4) is 0 Å². The van der Waals surface area contributed by atoms with Crippen LogP contribution in [0.1, 0.15) is 15.9 Å². The molecule has 0 saturated heterocycles. The minimum atomic E-state index is -0.581. The molecule has 0 aliphatic carbocycles. The van der Waals surface area contributed by atoms with Crippen molar-refractivity contribution in [1.82, 2.24) is 0 Å². The number of nitrogens with zero attached hydrogens (tertiary/aromatic N) is 3. The average Bonchev–Trinajstić information content (AvgIpc) is 2.56. The van der Waals surface area contributed by atoms with Crippen molar-refractivity contribution in [3.8, 4) is 0 Å². The predicted molar refractivity (Wildman–Crippen MR) is 81.2 cm³/mol. The van der Waals surface area contributed by atoms with Crippen LogP contribution in [0.4, 0.5) is 11.4 Å². The van der Waals surface area contributed by atoms with Crippen molar-refractivity contribution >= 4 is 22.9 Å². The molecule has 0 aliphatic heterocycles. The first kappa shape index (κ1) is 15.8. The van der Waals surface area contributed by atoms with E-state index in [0.717, 1.165) is 0 Å². The maximum absolute atomic E-state index is 12.4. The number of benzene rings is 2. The number of hydrogen-bond donors (Lipinski definition) is 1. The van der Waals surface area contributed by atoms with Gasteiger partial charge in [-0.1, -0.05) is 0 Å². The van der Waals surface area contributed by atoms with Crippen LogP contribution in [0.15, 0.2) is 53.6 Å². The zero-order valence-corrected chi connectivity index (χ0v) is 11.6. The van der Waals surface area contributed by atoms with Gasteiger partial charge in [0, 0.05) is 35.4 Å². The summed E-state index contributed by atoms with van der Waals surface area (Å²) in [6, 6.07) is 10.1. The van der Waals surface area contributed by atoms with Gasteiger partial charge in [0.25, 0.3) is 11.4 Å². The number of hydrogen-bond acceptors (Lipinski definition) is 7. The molecule has 0 bridgehead atoms. The van der Waals surface area contributed by atoms with E-state index in [0.29, 0.717) is 5.56 Å². The largest absolute Gasteiger partial charge is 0.323 e. The van der Waals surface area contributed by atoms with Crippen LogP contribution >= 0.6 is 0 Å². The summed E-state index contributed by atoms with van der Waals surface area (Å²) in [6.45, 7) is 0. The zero-order chi connectivity index (χ0) is 17.0. The summed E-state index contributed by atoms with van der Waals surface area (Å²) in [4.78, 5) is 32.4. The summed E-state index contributed by atoms with van der Waals surface area (Å²) >= 11 is 0. The van der Waals surface area contributed by atoms with Gasteiger partial charge in [0.2, 0.25) is 5.78 Å². The van der Waals surface area contributed by atoms with E-state index in [4.69, 9.17) is 5.84 Å². The first-order valence-electron chi connectivity index (χ1n) is 6.26. The van der Waals surface area contributed by atoms with Crippen LogP contribution < -0.4 is 5.84 Å². The van der Waals surface area contributed by atoms with Gasteiger partial charge >= 0.3 is 0 Å². The number of non-ortho nitro benzene ring substituents is 2. The highest BCUT2D eigenvalue weighted by Crippen LogP contribution is 2.16. The van der Waals surface area contributed by atoms with Gasteiger partial charge in [0.15, 0.2) is 0 Å². The van der Waals surface area contributed by atoms with E-state index in [1.165, 1.54) is 48.5 Å². The van der Waals surface area contributed by atoms with E-state index >= 15 is 0 Å². The van der Waals surface area contributed by atoms with Gasteiger partial charge in [0.1, 0.15) is 5.71 Å². The van der Waals surface area contributed by atoms with Crippen LogP contribution in [0.5, 0.6) is 0 Å². The topological polar surface area (TPSA) is 142 Å². The third kappa shape index (κ3) is 3.35. The second-order valence-corrected chi connectivity index (χ2v) is 4.41. The number of ketones is 1. The Balaban J connectivity index is 2.31. The molecule has 0 saturated carbocycles. The minimum Gasteiger partial charge on any atom is -0.323 e. The van der Waals surface area contributed by atoms with Crippen molar-refractivity contribution in [2.24, 2.45) is 10.9 Å². The van der Waals surface area contributed by atoms with Gasteiger partial charge in [-0.05, 0) is 24.3 Å².